The van der Waals surface area contributed by atoms with E-state index >= 15 is 0 Å². The van der Waals surface area contributed by atoms with Gasteiger partial charge in [0.2, 0.25) is 0 Å². The summed E-state index contributed by atoms with van der Waals surface area (Å²) in [5, 5.41) is 15.1. The van der Waals surface area contributed by atoms with Crippen LogP contribution in [0.2, 0.25) is 0 Å². The van der Waals surface area contributed by atoms with Crippen molar-refractivity contribution < 1.29 is 9.47 Å². The standard InChI is InChI=1S/C24H32N6O2/c1-5-23-29-27-17-30(23)14-13-25-24(26-16-19-9-7-6-8-10-19)28-18(2)21-15-20(31-3)11-12-22(21)32-4/h6-12,15,17-18H,5,13-14,16H2,1-4H3,(H2,25,26,28). The lowest BCUT2D eigenvalue weighted by Crippen LogP contribution is -2.40. The van der Waals surface area contributed by atoms with Crippen LogP contribution in [0.15, 0.2) is 59.9 Å². The van der Waals surface area contributed by atoms with Crippen molar-refractivity contribution in [3.8, 4) is 11.5 Å². The SMILES string of the molecule is CCc1nncn1CCNC(=NCc1ccccc1)NC(C)c1cc(OC)ccc1OC. The van der Waals surface area contributed by atoms with Gasteiger partial charge in [0.15, 0.2) is 5.96 Å². The molecule has 8 heteroatoms. The molecule has 32 heavy (non-hydrogen) atoms. The Kier molecular flexibility index (Phi) is 8.48. The van der Waals surface area contributed by atoms with Gasteiger partial charge in [0.25, 0.3) is 0 Å². The number of nitrogens with one attached hydrogen (secondary N) is 2. The van der Waals surface area contributed by atoms with E-state index in [-0.39, 0.29) is 6.04 Å². The van der Waals surface area contributed by atoms with Gasteiger partial charge in [0, 0.05) is 25.1 Å². The molecule has 0 aliphatic heterocycles. The first-order valence-corrected chi connectivity index (χ1v) is 10.8. The molecule has 1 heterocycles. The van der Waals surface area contributed by atoms with Crippen molar-refractivity contribution in [2.75, 3.05) is 20.8 Å². The Bertz CT molecular complexity index is 1000. The number of nitrogens with zero attached hydrogens (tertiary/aromatic N) is 4. The fraction of sp³-hybridized carbons (Fsp3) is 0.375. The van der Waals surface area contributed by atoms with Crippen molar-refractivity contribution in [2.45, 2.75) is 39.4 Å². The molecule has 0 saturated heterocycles. The lowest BCUT2D eigenvalue weighted by atomic mass is 10.1. The van der Waals surface area contributed by atoms with E-state index in [1.54, 1.807) is 20.5 Å². The molecular weight excluding hydrogens is 404 g/mol. The van der Waals surface area contributed by atoms with Crippen LogP contribution in [0.5, 0.6) is 11.5 Å². The molecule has 0 radical (unpaired) electrons. The molecule has 0 bridgehead atoms. The zero-order valence-corrected chi connectivity index (χ0v) is 19.2. The van der Waals surface area contributed by atoms with Crippen LogP contribution in [0, 0.1) is 0 Å². The third-order valence-electron chi connectivity index (χ3n) is 5.18. The van der Waals surface area contributed by atoms with E-state index in [0.717, 1.165) is 47.4 Å². The number of ether oxygens (including phenoxy) is 2. The van der Waals surface area contributed by atoms with Gasteiger partial charge in [0.1, 0.15) is 23.7 Å². The van der Waals surface area contributed by atoms with Crippen molar-refractivity contribution >= 4 is 5.96 Å². The van der Waals surface area contributed by atoms with Crippen molar-refractivity contribution in [3.05, 3.63) is 71.8 Å². The van der Waals surface area contributed by atoms with E-state index in [0.29, 0.717) is 13.1 Å². The summed E-state index contributed by atoms with van der Waals surface area (Å²) in [5.41, 5.74) is 2.14. The van der Waals surface area contributed by atoms with Crippen molar-refractivity contribution in [2.24, 2.45) is 4.99 Å². The topological polar surface area (TPSA) is 85.6 Å². The third kappa shape index (κ3) is 6.23. The van der Waals surface area contributed by atoms with Crippen LogP contribution in [-0.4, -0.2) is 41.5 Å². The molecule has 0 aliphatic carbocycles. The van der Waals surface area contributed by atoms with Crippen LogP contribution < -0.4 is 20.1 Å². The predicted octanol–water partition coefficient (Wildman–Crippen LogP) is 3.35. The van der Waals surface area contributed by atoms with Gasteiger partial charge in [-0.3, -0.25) is 0 Å². The van der Waals surface area contributed by atoms with Crippen LogP contribution in [0.1, 0.15) is 36.8 Å². The maximum atomic E-state index is 5.56. The summed E-state index contributed by atoms with van der Waals surface area (Å²) in [6, 6.07) is 15.9. The molecule has 170 valence electrons. The number of hydrogen-bond donors (Lipinski definition) is 2. The Morgan fingerprint density at radius 2 is 1.94 bits per heavy atom. The first-order valence-electron chi connectivity index (χ1n) is 10.8. The van der Waals surface area contributed by atoms with Gasteiger partial charge < -0.3 is 24.7 Å². The van der Waals surface area contributed by atoms with Crippen molar-refractivity contribution in [3.63, 3.8) is 0 Å². The second kappa shape index (κ2) is 11.7. The van der Waals surface area contributed by atoms with E-state index < -0.39 is 0 Å². The molecule has 0 saturated carbocycles. The van der Waals surface area contributed by atoms with Crippen LogP contribution in [0.3, 0.4) is 0 Å². The van der Waals surface area contributed by atoms with Crippen molar-refractivity contribution in [1.29, 1.82) is 0 Å². The summed E-state index contributed by atoms with van der Waals surface area (Å²) in [5.74, 6) is 3.27. The summed E-state index contributed by atoms with van der Waals surface area (Å²) >= 11 is 0. The number of guanidine groups is 1. The number of hydrogen-bond acceptors (Lipinski definition) is 5. The molecule has 1 atom stereocenters. The maximum absolute atomic E-state index is 5.56. The second-order valence-electron chi connectivity index (χ2n) is 7.35. The maximum Gasteiger partial charge on any atom is 0.192 e. The minimum atomic E-state index is -0.0526. The number of aromatic nitrogens is 3. The van der Waals surface area contributed by atoms with Gasteiger partial charge in [-0.25, -0.2) is 4.99 Å². The fourth-order valence-electron chi connectivity index (χ4n) is 3.40. The monoisotopic (exact) mass is 436 g/mol. The number of aliphatic imine (C=N–C) groups is 1. The molecule has 1 aromatic heterocycles. The lowest BCUT2D eigenvalue weighted by molar-refractivity contribution is 0.394. The number of benzene rings is 2. The second-order valence-corrected chi connectivity index (χ2v) is 7.35. The summed E-state index contributed by atoms with van der Waals surface area (Å²) in [6.45, 7) is 6.16. The van der Waals surface area contributed by atoms with Crippen LogP contribution in [-0.2, 0) is 19.5 Å². The number of methoxy groups -OCH3 is 2. The van der Waals surface area contributed by atoms with E-state index in [1.165, 1.54) is 0 Å². The zero-order chi connectivity index (χ0) is 22.8. The molecule has 2 aromatic carbocycles. The summed E-state index contributed by atoms with van der Waals surface area (Å²) in [4.78, 5) is 4.80. The van der Waals surface area contributed by atoms with Gasteiger partial charge in [-0.1, -0.05) is 37.3 Å². The normalized spacial score (nSPS) is 12.3. The molecule has 1 unspecified atom stereocenters. The average molecular weight is 437 g/mol. The Hall–Kier alpha value is -3.55. The molecule has 0 amide bonds. The van der Waals surface area contributed by atoms with E-state index in [9.17, 15) is 0 Å². The van der Waals surface area contributed by atoms with Gasteiger partial charge in [0.05, 0.1) is 26.8 Å². The molecular formula is C24H32N6O2. The smallest absolute Gasteiger partial charge is 0.192 e. The van der Waals surface area contributed by atoms with Crippen LogP contribution in [0.25, 0.3) is 0 Å². The first kappa shape index (κ1) is 23.1. The minimum absolute atomic E-state index is 0.0526. The average Bonchev–Trinajstić information content (AvgIpc) is 3.30. The van der Waals surface area contributed by atoms with Crippen molar-refractivity contribution in [1.82, 2.24) is 25.4 Å². The van der Waals surface area contributed by atoms with Gasteiger partial charge in [-0.15, -0.1) is 10.2 Å². The highest BCUT2D eigenvalue weighted by atomic mass is 16.5. The van der Waals surface area contributed by atoms with E-state index in [2.05, 4.69) is 51.4 Å². The molecule has 8 nitrogen and oxygen atoms in total. The first-order chi connectivity index (χ1) is 15.6. The Balaban J connectivity index is 1.74. The quantitative estimate of drug-likeness (QED) is 0.374. The Morgan fingerprint density at radius 1 is 1.12 bits per heavy atom. The summed E-state index contributed by atoms with van der Waals surface area (Å²) < 4.78 is 13.0. The van der Waals surface area contributed by atoms with Gasteiger partial charge in [-0.05, 0) is 30.7 Å². The van der Waals surface area contributed by atoms with Gasteiger partial charge in [-0.2, -0.15) is 0 Å². The lowest BCUT2D eigenvalue weighted by Gasteiger charge is -2.21. The fourth-order valence-corrected chi connectivity index (χ4v) is 3.40. The molecule has 0 fully saturated rings. The Morgan fingerprint density at radius 3 is 2.66 bits per heavy atom. The molecule has 3 aromatic rings. The largest absolute Gasteiger partial charge is 0.497 e. The molecule has 0 spiro atoms. The number of rotatable bonds is 10. The summed E-state index contributed by atoms with van der Waals surface area (Å²) in [6.07, 6.45) is 2.61. The highest BCUT2D eigenvalue weighted by Gasteiger charge is 2.15. The van der Waals surface area contributed by atoms with Crippen LogP contribution >= 0.6 is 0 Å². The summed E-state index contributed by atoms with van der Waals surface area (Å²) in [7, 11) is 3.33. The van der Waals surface area contributed by atoms with Gasteiger partial charge >= 0.3 is 0 Å². The Labute approximate surface area is 189 Å². The molecule has 3 rings (SSSR count). The highest BCUT2D eigenvalue weighted by molar-refractivity contribution is 5.80. The van der Waals surface area contributed by atoms with E-state index in [4.69, 9.17) is 14.5 Å². The number of aryl methyl sites for hydroxylation is 1. The molecule has 0 aliphatic rings. The zero-order valence-electron chi connectivity index (χ0n) is 19.2. The predicted molar refractivity (Wildman–Crippen MR) is 126 cm³/mol. The molecule has 2 N–H and O–H groups in total. The highest BCUT2D eigenvalue weighted by Crippen LogP contribution is 2.29. The van der Waals surface area contributed by atoms with Crippen LogP contribution in [0.4, 0.5) is 0 Å². The third-order valence-corrected chi connectivity index (χ3v) is 5.18. The van der Waals surface area contributed by atoms with E-state index in [1.807, 2.05) is 36.4 Å². The minimum Gasteiger partial charge on any atom is -0.497 e.